The van der Waals surface area contributed by atoms with Crippen molar-refractivity contribution in [3.05, 3.63) is 59.7 Å². The van der Waals surface area contributed by atoms with Crippen molar-refractivity contribution in [3.8, 4) is 5.75 Å². The topological polar surface area (TPSA) is 59.6 Å². The number of carbonyl (C=O) groups is 1. The quantitative estimate of drug-likeness (QED) is 0.884. The van der Waals surface area contributed by atoms with Gasteiger partial charge in [-0.1, -0.05) is 36.4 Å². The Balaban J connectivity index is 1.63. The molecule has 2 aromatic rings. The maximum atomic E-state index is 12.3. The summed E-state index contributed by atoms with van der Waals surface area (Å²) in [6.45, 7) is 3.04. The third kappa shape index (κ3) is 3.51. The van der Waals surface area contributed by atoms with Gasteiger partial charge in [-0.2, -0.15) is 0 Å². The second kappa shape index (κ2) is 7.36. The van der Waals surface area contributed by atoms with Gasteiger partial charge in [-0.15, -0.1) is 0 Å². The summed E-state index contributed by atoms with van der Waals surface area (Å²) in [5, 5.41) is 5.91. The highest BCUT2D eigenvalue weighted by atomic mass is 16.5. The minimum atomic E-state index is -0.226. The monoisotopic (exact) mass is 326 g/mol. The largest absolute Gasteiger partial charge is 0.493 e. The number of benzene rings is 2. The Morgan fingerprint density at radius 1 is 1.25 bits per heavy atom. The predicted molar refractivity (Wildman–Crippen MR) is 93.4 cm³/mol. The molecule has 2 aromatic carbocycles. The number of hydrogen-bond acceptors (Lipinski definition) is 3. The number of nitrogens with one attached hydrogen (secondary N) is 2. The number of fused-ring (bicyclic) bond motifs is 1. The van der Waals surface area contributed by atoms with Crippen molar-refractivity contribution in [1.82, 2.24) is 5.32 Å². The molecule has 3 rings (SSSR count). The molecule has 2 unspecified atom stereocenters. The lowest BCUT2D eigenvalue weighted by Gasteiger charge is -2.20. The molecule has 0 saturated heterocycles. The first-order valence-corrected chi connectivity index (χ1v) is 8.05. The SMILES string of the molecule is COCc1ccccc1NC(=O)NC(C)C1COc2ccccc21. The van der Waals surface area contributed by atoms with Crippen molar-refractivity contribution >= 4 is 11.7 Å². The highest BCUT2D eigenvalue weighted by Crippen LogP contribution is 2.35. The maximum Gasteiger partial charge on any atom is 0.319 e. The van der Waals surface area contributed by atoms with E-state index < -0.39 is 0 Å². The van der Waals surface area contributed by atoms with Crippen LogP contribution >= 0.6 is 0 Å². The van der Waals surface area contributed by atoms with E-state index >= 15 is 0 Å². The molecule has 5 heteroatoms. The summed E-state index contributed by atoms with van der Waals surface area (Å²) in [6, 6.07) is 15.3. The van der Waals surface area contributed by atoms with Crippen LogP contribution in [0, 0.1) is 0 Å². The molecule has 0 fully saturated rings. The number of amides is 2. The Hall–Kier alpha value is -2.53. The van der Waals surface area contributed by atoms with E-state index in [2.05, 4.69) is 16.7 Å². The maximum absolute atomic E-state index is 12.3. The molecule has 0 spiro atoms. The van der Waals surface area contributed by atoms with E-state index in [4.69, 9.17) is 9.47 Å². The van der Waals surface area contributed by atoms with E-state index in [9.17, 15) is 4.79 Å². The molecule has 1 heterocycles. The molecule has 24 heavy (non-hydrogen) atoms. The molecule has 1 aliphatic rings. The number of methoxy groups -OCH3 is 1. The van der Waals surface area contributed by atoms with E-state index in [0.717, 1.165) is 22.6 Å². The number of urea groups is 1. The predicted octanol–water partition coefficient (Wildman–Crippen LogP) is 3.52. The average molecular weight is 326 g/mol. The Kier molecular flexibility index (Phi) is 5.01. The zero-order valence-corrected chi connectivity index (χ0v) is 13.9. The van der Waals surface area contributed by atoms with Crippen LogP contribution in [0.2, 0.25) is 0 Å². The average Bonchev–Trinajstić information content (AvgIpc) is 3.01. The van der Waals surface area contributed by atoms with E-state index in [1.165, 1.54) is 0 Å². The lowest BCUT2D eigenvalue weighted by atomic mass is 9.94. The minimum absolute atomic E-state index is 0.0387. The van der Waals surface area contributed by atoms with Gasteiger partial charge in [-0.05, 0) is 19.1 Å². The van der Waals surface area contributed by atoms with Gasteiger partial charge >= 0.3 is 6.03 Å². The number of carbonyl (C=O) groups excluding carboxylic acids is 1. The van der Waals surface area contributed by atoms with Crippen LogP contribution in [0.5, 0.6) is 5.75 Å². The van der Waals surface area contributed by atoms with Gasteiger partial charge in [-0.3, -0.25) is 0 Å². The fraction of sp³-hybridized carbons (Fsp3) is 0.316. The molecule has 0 saturated carbocycles. The van der Waals surface area contributed by atoms with E-state index in [1.807, 2.05) is 49.4 Å². The molecule has 0 aliphatic carbocycles. The van der Waals surface area contributed by atoms with Gasteiger partial charge in [0.15, 0.2) is 0 Å². The first-order valence-electron chi connectivity index (χ1n) is 8.05. The van der Waals surface area contributed by atoms with Gasteiger partial charge < -0.3 is 20.1 Å². The van der Waals surface area contributed by atoms with Crippen LogP contribution < -0.4 is 15.4 Å². The van der Waals surface area contributed by atoms with Crippen molar-refractivity contribution in [2.24, 2.45) is 0 Å². The molecule has 126 valence electrons. The lowest BCUT2D eigenvalue weighted by molar-refractivity contribution is 0.185. The molecule has 2 N–H and O–H groups in total. The molecule has 0 aromatic heterocycles. The third-order valence-electron chi connectivity index (χ3n) is 4.26. The molecule has 5 nitrogen and oxygen atoms in total. The number of ether oxygens (including phenoxy) is 2. The van der Waals surface area contributed by atoms with Gasteiger partial charge in [0.2, 0.25) is 0 Å². The molecule has 0 bridgehead atoms. The van der Waals surface area contributed by atoms with Gasteiger partial charge in [-0.25, -0.2) is 4.79 Å². The van der Waals surface area contributed by atoms with Gasteiger partial charge in [0.05, 0.1) is 13.2 Å². The lowest BCUT2D eigenvalue weighted by Crippen LogP contribution is -2.40. The Morgan fingerprint density at radius 2 is 2.00 bits per heavy atom. The third-order valence-corrected chi connectivity index (χ3v) is 4.26. The summed E-state index contributed by atoms with van der Waals surface area (Å²) in [6.07, 6.45) is 0. The molecule has 2 amide bonds. The number of hydrogen-bond donors (Lipinski definition) is 2. The number of para-hydroxylation sites is 2. The smallest absolute Gasteiger partial charge is 0.319 e. The number of anilines is 1. The summed E-state index contributed by atoms with van der Waals surface area (Å²) in [7, 11) is 1.64. The highest BCUT2D eigenvalue weighted by molar-refractivity contribution is 5.90. The van der Waals surface area contributed by atoms with E-state index in [0.29, 0.717) is 13.2 Å². The van der Waals surface area contributed by atoms with Crippen molar-refractivity contribution < 1.29 is 14.3 Å². The van der Waals surface area contributed by atoms with Gasteiger partial charge in [0.1, 0.15) is 5.75 Å². The summed E-state index contributed by atoms with van der Waals surface area (Å²) in [5.74, 6) is 1.06. The minimum Gasteiger partial charge on any atom is -0.493 e. The zero-order valence-electron chi connectivity index (χ0n) is 13.9. The van der Waals surface area contributed by atoms with Crippen LogP contribution in [0.25, 0.3) is 0 Å². The van der Waals surface area contributed by atoms with Crippen LogP contribution in [-0.4, -0.2) is 25.8 Å². The zero-order chi connectivity index (χ0) is 16.9. The van der Waals surface area contributed by atoms with Crippen molar-refractivity contribution in [3.63, 3.8) is 0 Å². The first-order chi connectivity index (χ1) is 11.7. The molecule has 2 atom stereocenters. The normalized spacial score (nSPS) is 16.8. The van der Waals surface area contributed by atoms with Crippen LogP contribution in [0.1, 0.15) is 24.0 Å². The van der Waals surface area contributed by atoms with Gasteiger partial charge in [0.25, 0.3) is 0 Å². The fourth-order valence-corrected chi connectivity index (χ4v) is 2.99. The summed E-state index contributed by atoms with van der Waals surface area (Å²) >= 11 is 0. The van der Waals surface area contributed by atoms with Crippen LogP contribution in [0.15, 0.2) is 48.5 Å². The summed E-state index contributed by atoms with van der Waals surface area (Å²) < 4.78 is 10.9. The Labute approximate surface area is 142 Å². The van der Waals surface area contributed by atoms with Crippen LogP contribution in [-0.2, 0) is 11.3 Å². The second-order valence-corrected chi connectivity index (χ2v) is 5.93. The van der Waals surface area contributed by atoms with Crippen molar-refractivity contribution in [2.45, 2.75) is 25.5 Å². The van der Waals surface area contributed by atoms with E-state index in [-0.39, 0.29) is 18.0 Å². The second-order valence-electron chi connectivity index (χ2n) is 5.93. The summed E-state index contributed by atoms with van der Waals surface area (Å²) in [4.78, 5) is 12.3. The Bertz CT molecular complexity index is 717. The van der Waals surface area contributed by atoms with Gasteiger partial charge in [0, 0.05) is 35.9 Å². The molecule has 0 radical (unpaired) electrons. The van der Waals surface area contributed by atoms with Crippen molar-refractivity contribution in [1.29, 1.82) is 0 Å². The van der Waals surface area contributed by atoms with Crippen molar-refractivity contribution in [2.75, 3.05) is 19.0 Å². The molecule has 1 aliphatic heterocycles. The first kappa shape index (κ1) is 16.3. The van der Waals surface area contributed by atoms with E-state index in [1.54, 1.807) is 7.11 Å². The molecular weight excluding hydrogens is 304 g/mol. The highest BCUT2D eigenvalue weighted by Gasteiger charge is 2.29. The number of rotatable bonds is 5. The van der Waals surface area contributed by atoms with Crippen LogP contribution in [0.3, 0.4) is 0 Å². The molecular formula is C19H22N2O3. The van der Waals surface area contributed by atoms with Crippen LogP contribution in [0.4, 0.5) is 10.5 Å². The fourth-order valence-electron chi connectivity index (χ4n) is 2.99. The Morgan fingerprint density at radius 3 is 2.83 bits per heavy atom. The summed E-state index contributed by atoms with van der Waals surface area (Å²) in [5.41, 5.74) is 2.84. The standard InChI is InChI=1S/C19H22N2O3/c1-13(16-12-24-18-10-6-4-8-15(16)18)20-19(22)21-17-9-5-3-7-14(17)11-23-2/h3-10,13,16H,11-12H2,1-2H3,(H2,20,21,22).